The van der Waals surface area contributed by atoms with Crippen molar-refractivity contribution in [2.24, 2.45) is 0 Å². The minimum absolute atomic E-state index is 0.316. The average molecular weight is 161 g/mol. The Morgan fingerprint density at radius 3 is 2.50 bits per heavy atom. The number of hydrogen-bond donors (Lipinski definition) is 1. The fourth-order valence-electron chi connectivity index (χ4n) is 1.26. The van der Waals surface area contributed by atoms with E-state index >= 15 is 0 Å². The molecule has 0 aromatic carbocycles. The van der Waals surface area contributed by atoms with E-state index in [9.17, 15) is 4.21 Å². The van der Waals surface area contributed by atoms with Crippen LogP contribution in [0.4, 0.5) is 0 Å². The smallest absolute Gasteiger partial charge is 0.0471 e. The van der Waals surface area contributed by atoms with Crippen LogP contribution in [0.3, 0.4) is 0 Å². The highest BCUT2D eigenvalue weighted by molar-refractivity contribution is 7.85. The zero-order valence-electron chi connectivity index (χ0n) is 6.76. The van der Waals surface area contributed by atoms with E-state index in [1.165, 1.54) is 0 Å². The van der Waals surface area contributed by atoms with Gasteiger partial charge < -0.3 is 5.32 Å². The summed E-state index contributed by atoms with van der Waals surface area (Å²) in [5.74, 6) is 0.811. The first-order valence-corrected chi connectivity index (χ1v) is 5.12. The second kappa shape index (κ2) is 3.01. The van der Waals surface area contributed by atoms with E-state index in [-0.39, 0.29) is 0 Å². The summed E-state index contributed by atoms with van der Waals surface area (Å²) in [5.41, 5.74) is 0. The summed E-state index contributed by atoms with van der Waals surface area (Å²) in [6, 6.07) is 0.830. The quantitative estimate of drug-likeness (QED) is 0.560. The van der Waals surface area contributed by atoms with Crippen molar-refractivity contribution in [2.75, 3.05) is 5.75 Å². The molecule has 0 aliphatic carbocycles. The van der Waals surface area contributed by atoms with Crippen LogP contribution in [-0.2, 0) is 10.8 Å². The van der Waals surface area contributed by atoms with Crippen molar-refractivity contribution in [3.8, 4) is 0 Å². The largest absolute Gasteiger partial charge is 0.310 e. The van der Waals surface area contributed by atoms with Crippen molar-refractivity contribution in [3.05, 3.63) is 0 Å². The van der Waals surface area contributed by atoms with Gasteiger partial charge in [-0.2, -0.15) is 0 Å². The Morgan fingerprint density at radius 1 is 1.40 bits per heavy atom. The third-order valence-corrected chi connectivity index (χ3v) is 4.15. The molecule has 0 aromatic heterocycles. The molecule has 2 nitrogen and oxygen atoms in total. The summed E-state index contributed by atoms with van der Waals surface area (Å²) in [7, 11) is -0.608. The molecule has 1 N–H and O–H groups in total. The van der Waals surface area contributed by atoms with Gasteiger partial charge in [-0.3, -0.25) is 4.21 Å². The van der Waals surface area contributed by atoms with Crippen molar-refractivity contribution in [1.29, 1.82) is 0 Å². The Bertz CT molecular complexity index is 149. The Morgan fingerprint density at radius 2 is 2.00 bits per heavy atom. The van der Waals surface area contributed by atoms with Gasteiger partial charge in [0.2, 0.25) is 0 Å². The van der Waals surface area contributed by atoms with Crippen LogP contribution in [0.25, 0.3) is 0 Å². The molecular weight excluding hydrogens is 146 g/mol. The van der Waals surface area contributed by atoms with Crippen LogP contribution in [0.15, 0.2) is 0 Å². The Labute approximate surface area is 64.8 Å². The minimum Gasteiger partial charge on any atom is -0.310 e. The summed E-state index contributed by atoms with van der Waals surface area (Å²) in [4.78, 5) is 0. The average Bonchev–Trinajstić information content (AvgIpc) is 1.82. The van der Waals surface area contributed by atoms with Crippen LogP contribution in [0.5, 0.6) is 0 Å². The number of nitrogens with one attached hydrogen (secondary N) is 1. The van der Waals surface area contributed by atoms with E-state index in [1.54, 1.807) is 0 Å². The summed E-state index contributed by atoms with van der Waals surface area (Å²) in [6.45, 7) is 6.22. The van der Waals surface area contributed by atoms with Crippen LogP contribution in [0, 0.1) is 0 Å². The van der Waals surface area contributed by atoms with E-state index < -0.39 is 10.8 Å². The summed E-state index contributed by atoms with van der Waals surface area (Å²) in [6.07, 6.45) is 0. The summed E-state index contributed by atoms with van der Waals surface area (Å²) >= 11 is 0. The predicted octanol–water partition coefficient (Wildman–Crippen LogP) is 0.504. The van der Waals surface area contributed by atoms with Crippen LogP contribution < -0.4 is 5.32 Å². The zero-order chi connectivity index (χ0) is 7.72. The molecule has 0 bridgehead atoms. The van der Waals surface area contributed by atoms with Crippen LogP contribution in [-0.4, -0.2) is 27.3 Å². The summed E-state index contributed by atoms with van der Waals surface area (Å²) < 4.78 is 11.3. The second-order valence-corrected chi connectivity index (χ2v) is 4.95. The van der Waals surface area contributed by atoms with E-state index in [0.29, 0.717) is 17.3 Å². The van der Waals surface area contributed by atoms with Crippen molar-refractivity contribution < 1.29 is 4.21 Å². The summed E-state index contributed by atoms with van der Waals surface area (Å²) in [5, 5.41) is 3.68. The molecule has 4 unspecified atom stereocenters. The monoisotopic (exact) mass is 161 g/mol. The molecule has 0 radical (unpaired) electrons. The van der Waals surface area contributed by atoms with Gasteiger partial charge in [-0.1, -0.05) is 0 Å². The lowest BCUT2D eigenvalue weighted by Gasteiger charge is -2.30. The van der Waals surface area contributed by atoms with Crippen molar-refractivity contribution in [2.45, 2.75) is 38.1 Å². The first kappa shape index (κ1) is 8.21. The highest BCUT2D eigenvalue weighted by Gasteiger charge is 2.26. The molecule has 0 aromatic rings. The highest BCUT2D eigenvalue weighted by Crippen LogP contribution is 2.10. The van der Waals surface area contributed by atoms with Gasteiger partial charge in [0.1, 0.15) is 0 Å². The van der Waals surface area contributed by atoms with Gasteiger partial charge >= 0.3 is 0 Å². The Hall–Kier alpha value is 0.110. The minimum atomic E-state index is -0.608. The zero-order valence-corrected chi connectivity index (χ0v) is 7.57. The molecule has 4 atom stereocenters. The van der Waals surface area contributed by atoms with Gasteiger partial charge in [0.15, 0.2) is 0 Å². The van der Waals surface area contributed by atoms with Gasteiger partial charge in [0, 0.05) is 33.9 Å². The lowest BCUT2D eigenvalue weighted by Crippen LogP contribution is -2.51. The van der Waals surface area contributed by atoms with Crippen molar-refractivity contribution in [1.82, 2.24) is 5.32 Å². The van der Waals surface area contributed by atoms with Gasteiger partial charge in [-0.05, 0) is 20.8 Å². The fraction of sp³-hybridized carbons (Fsp3) is 1.00. The van der Waals surface area contributed by atoms with Crippen LogP contribution in [0.1, 0.15) is 20.8 Å². The maximum Gasteiger partial charge on any atom is 0.0471 e. The van der Waals surface area contributed by atoms with Gasteiger partial charge in [-0.15, -0.1) is 0 Å². The third kappa shape index (κ3) is 1.58. The Balaban J connectivity index is 2.57. The highest BCUT2D eigenvalue weighted by atomic mass is 32.2. The topological polar surface area (TPSA) is 29.1 Å². The first-order valence-electron chi connectivity index (χ1n) is 3.74. The maximum absolute atomic E-state index is 11.3. The molecule has 1 saturated heterocycles. The first-order chi connectivity index (χ1) is 4.61. The molecular formula is C7H15NOS. The molecule has 0 saturated carbocycles. The number of rotatable bonds is 0. The normalized spacial score (nSPS) is 49.1. The Kier molecular flexibility index (Phi) is 2.47. The SMILES string of the molecule is CC1CS(=O)C(C)C(C)N1. The van der Waals surface area contributed by atoms with Crippen molar-refractivity contribution >= 4 is 10.8 Å². The molecule has 1 aliphatic rings. The van der Waals surface area contributed by atoms with Crippen LogP contribution in [0.2, 0.25) is 0 Å². The molecule has 10 heavy (non-hydrogen) atoms. The molecule has 1 rings (SSSR count). The van der Waals surface area contributed by atoms with E-state index in [4.69, 9.17) is 0 Å². The molecule has 0 spiro atoms. The van der Waals surface area contributed by atoms with E-state index in [0.717, 1.165) is 5.75 Å². The predicted molar refractivity (Wildman–Crippen MR) is 44.5 cm³/mol. The van der Waals surface area contributed by atoms with E-state index in [2.05, 4.69) is 19.2 Å². The van der Waals surface area contributed by atoms with Crippen LogP contribution >= 0.6 is 0 Å². The molecule has 1 heterocycles. The standard InChI is InChI=1S/C7H15NOS/c1-5-4-10(9)7(3)6(2)8-5/h5-8H,4H2,1-3H3. The van der Waals surface area contributed by atoms with Gasteiger partial charge in [0.25, 0.3) is 0 Å². The molecule has 1 fully saturated rings. The molecule has 0 amide bonds. The number of hydrogen-bond acceptors (Lipinski definition) is 2. The lowest BCUT2D eigenvalue weighted by molar-refractivity contribution is 0.460. The maximum atomic E-state index is 11.3. The molecule has 3 heteroatoms. The second-order valence-electron chi connectivity index (χ2n) is 3.11. The molecule has 1 aliphatic heterocycles. The van der Waals surface area contributed by atoms with E-state index in [1.807, 2.05) is 6.92 Å². The van der Waals surface area contributed by atoms with Gasteiger partial charge in [-0.25, -0.2) is 0 Å². The fourth-order valence-corrected chi connectivity index (χ4v) is 2.68. The third-order valence-electron chi connectivity index (χ3n) is 2.08. The molecule has 60 valence electrons. The lowest BCUT2D eigenvalue weighted by atomic mass is 10.2. The van der Waals surface area contributed by atoms with Crippen molar-refractivity contribution in [3.63, 3.8) is 0 Å². The van der Waals surface area contributed by atoms with Gasteiger partial charge in [0.05, 0.1) is 0 Å².